The highest BCUT2D eigenvalue weighted by Gasteiger charge is 2.29. The van der Waals surface area contributed by atoms with Crippen LogP contribution in [0.15, 0.2) is 73.2 Å². The van der Waals surface area contributed by atoms with Crippen LogP contribution >= 0.6 is 11.6 Å². The van der Waals surface area contributed by atoms with E-state index in [0.29, 0.717) is 40.0 Å². The number of benzene rings is 3. The molecule has 0 aromatic heterocycles. The molecule has 0 spiro atoms. The molecule has 188 valence electrons. The van der Waals surface area contributed by atoms with Crippen molar-refractivity contribution in [1.82, 2.24) is 4.90 Å². The van der Waals surface area contributed by atoms with Gasteiger partial charge in [-0.1, -0.05) is 17.7 Å². The molecule has 3 aromatic rings. The standard InChI is InChI=1S/C28H25ClN4O4/c1-32(2)16-25(34)33(3)20-8-6-19(7-9-20)30-27(17-4-11-23-24(14-17)37-13-12-36-23)26-21-10-5-18(29)15-22(21)31-28(26)35/h4-15,30H,16H2,1-3H3,(H,31,35)/b27-26-. The van der Waals surface area contributed by atoms with Crippen LogP contribution in [0.5, 0.6) is 11.5 Å². The number of nitrogens with zero attached hydrogens (tertiary/aromatic N) is 2. The maximum absolute atomic E-state index is 13.2. The van der Waals surface area contributed by atoms with Crippen LogP contribution in [0, 0.1) is 0 Å². The van der Waals surface area contributed by atoms with Gasteiger partial charge in [0.25, 0.3) is 5.91 Å². The van der Waals surface area contributed by atoms with Gasteiger partial charge in [0.1, 0.15) is 12.5 Å². The molecule has 0 aliphatic carbocycles. The largest absolute Gasteiger partial charge is 0.458 e. The third-order valence-corrected chi connectivity index (χ3v) is 6.24. The Hall–Kier alpha value is -4.27. The fourth-order valence-corrected chi connectivity index (χ4v) is 4.33. The molecule has 9 heteroatoms. The first-order valence-electron chi connectivity index (χ1n) is 11.6. The number of hydrogen-bond acceptors (Lipinski definition) is 6. The molecular formula is C28H25ClN4O4. The normalized spacial score (nSPS) is 14.8. The van der Waals surface area contributed by atoms with Crippen molar-refractivity contribution in [3.8, 4) is 11.5 Å². The Kier molecular flexibility index (Phi) is 6.60. The summed E-state index contributed by atoms with van der Waals surface area (Å²) in [5.41, 5.74) is 4.67. The lowest BCUT2D eigenvalue weighted by Crippen LogP contribution is -2.34. The molecule has 2 heterocycles. The van der Waals surface area contributed by atoms with Crippen LogP contribution in [-0.2, 0) is 9.59 Å². The van der Waals surface area contributed by atoms with E-state index < -0.39 is 0 Å². The van der Waals surface area contributed by atoms with Gasteiger partial charge < -0.3 is 29.9 Å². The number of rotatable bonds is 6. The molecule has 0 saturated carbocycles. The van der Waals surface area contributed by atoms with E-state index in [1.54, 1.807) is 30.1 Å². The summed E-state index contributed by atoms with van der Waals surface area (Å²) in [5.74, 6) is 0.844. The second kappa shape index (κ2) is 10.0. The molecule has 2 amide bonds. The predicted octanol–water partition coefficient (Wildman–Crippen LogP) is 5.04. The molecule has 0 fully saturated rings. The molecule has 8 nitrogen and oxygen atoms in total. The van der Waals surface area contributed by atoms with E-state index >= 15 is 0 Å². The van der Waals surface area contributed by atoms with Gasteiger partial charge in [-0.05, 0) is 68.7 Å². The maximum Gasteiger partial charge on any atom is 0.258 e. The molecule has 0 saturated heterocycles. The molecule has 3 aromatic carbocycles. The van der Waals surface area contributed by atoms with E-state index in [1.807, 2.05) is 61.5 Å². The number of ether oxygens (including phenoxy) is 2. The fraction of sp³-hybridized carbons (Fsp3) is 0.143. The average molecular weight is 517 g/mol. The summed E-state index contributed by atoms with van der Waals surface area (Å²) < 4.78 is 11.1. The lowest BCUT2D eigenvalue weighted by molar-refractivity contribution is -0.119. The highest BCUT2D eigenvalue weighted by atomic mass is 35.5. The van der Waals surface area contributed by atoms with Crippen molar-refractivity contribution in [1.29, 1.82) is 0 Å². The van der Waals surface area contributed by atoms with Gasteiger partial charge in [-0.2, -0.15) is 0 Å². The van der Waals surface area contributed by atoms with Crippen molar-refractivity contribution in [2.75, 3.05) is 43.2 Å². The Morgan fingerprint density at radius 1 is 0.946 bits per heavy atom. The third-order valence-electron chi connectivity index (χ3n) is 6.00. The van der Waals surface area contributed by atoms with E-state index in [9.17, 15) is 9.59 Å². The van der Waals surface area contributed by atoms with Gasteiger partial charge in [0.05, 0.1) is 23.5 Å². The molecule has 0 unspecified atom stereocenters. The van der Waals surface area contributed by atoms with Crippen LogP contribution in [0.4, 0.5) is 17.1 Å². The van der Waals surface area contributed by atoms with Gasteiger partial charge in [0.2, 0.25) is 5.91 Å². The van der Waals surface area contributed by atoms with Gasteiger partial charge in [-0.3, -0.25) is 9.59 Å². The Labute approximate surface area is 219 Å². The highest BCUT2D eigenvalue weighted by Crippen LogP contribution is 2.41. The summed E-state index contributed by atoms with van der Waals surface area (Å²) in [6.07, 6.45) is 2.92. The van der Waals surface area contributed by atoms with Crippen molar-refractivity contribution in [2.45, 2.75) is 0 Å². The zero-order valence-electron chi connectivity index (χ0n) is 20.5. The van der Waals surface area contributed by atoms with E-state index in [-0.39, 0.29) is 11.8 Å². The van der Waals surface area contributed by atoms with Gasteiger partial charge in [0.15, 0.2) is 11.5 Å². The number of fused-ring (bicyclic) bond motifs is 2. The molecule has 5 rings (SSSR count). The minimum Gasteiger partial charge on any atom is -0.458 e. The van der Waals surface area contributed by atoms with Crippen LogP contribution in [0.3, 0.4) is 0 Å². The van der Waals surface area contributed by atoms with Crippen molar-refractivity contribution >= 4 is 51.7 Å². The van der Waals surface area contributed by atoms with Crippen LogP contribution in [0.1, 0.15) is 11.1 Å². The average Bonchev–Trinajstić information content (AvgIpc) is 3.21. The molecule has 0 radical (unpaired) electrons. The maximum atomic E-state index is 13.2. The summed E-state index contributed by atoms with van der Waals surface area (Å²) in [4.78, 5) is 29.1. The lowest BCUT2D eigenvalue weighted by Gasteiger charge is -2.21. The Morgan fingerprint density at radius 3 is 2.41 bits per heavy atom. The molecule has 0 bridgehead atoms. The number of likely N-dealkylation sites (N-methyl/N-ethyl adjacent to an activating group) is 2. The number of anilines is 3. The van der Waals surface area contributed by atoms with Gasteiger partial charge in [-0.25, -0.2) is 0 Å². The molecule has 37 heavy (non-hydrogen) atoms. The van der Waals surface area contributed by atoms with Gasteiger partial charge in [-0.15, -0.1) is 0 Å². The summed E-state index contributed by atoms with van der Waals surface area (Å²) in [5, 5.41) is 6.85. The smallest absolute Gasteiger partial charge is 0.258 e. The minimum absolute atomic E-state index is 0.0169. The van der Waals surface area contributed by atoms with Crippen LogP contribution in [-0.4, -0.2) is 44.4 Å². The van der Waals surface area contributed by atoms with E-state index in [0.717, 1.165) is 22.5 Å². The third kappa shape index (κ3) is 5.02. The summed E-state index contributed by atoms with van der Waals surface area (Å²) >= 11 is 6.16. The Morgan fingerprint density at radius 2 is 1.68 bits per heavy atom. The van der Waals surface area contributed by atoms with Gasteiger partial charge >= 0.3 is 0 Å². The summed E-state index contributed by atoms with van der Waals surface area (Å²) in [6.45, 7) is 0.310. The molecular weight excluding hydrogens is 492 g/mol. The monoisotopic (exact) mass is 516 g/mol. The lowest BCUT2D eigenvalue weighted by atomic mass is 9.99. The zero-order valence-corrected chi connectivity index (χ0v) is 21.3. The number of halogens is 1. The molecule has 2 aliphatic heterocycles. The first-order valence-corrected chi connectivity index (χ1v) is 11.9. The highest BCUT2D eigenvalue weighted by molar-refractivity contribution is 6.38. The Bertz CT molecular complexity index is 1450. The first kappa shape index (κ1) is 24.4. The number of nitrogens with one attached hydrogen (secondary N) is 2. The minimum atomic E-state index is -0.250. The second-order valence-electron chi connectivity index (χ2n) is 8.93. The number of hydrogen-bond donors (Lipinski definition) is 2. The van der Waals surface area contributed by atoms with Crippen LogP contribution in [0.2, 0.25) is 5.02 Å². The molecule has 2 aliphatic rings. The van der Waals surface area contributed by atoms with E-state index in [2.05, 4.69) is 10.6 Å². The SMILES string of the molecule is CN(C)CC(=O)N(C)c1ccc(N/C(=C2\C(=O)Nc3cc(Cl)ccc32)c2ccc3c(c2)OC=CO3)cc1. The predicted molar refractivity (Wildman–Crippen MR) is 146 cm³/mol. The topological polar surface area (TPSA) is 83.1 Å². The summed E-state index contributed by atoms with van der Waals surface area (Å²) in [7, 11) is 5.46. The quantitative estimate of drug-likeness (QED) is 0.447. The van der Waals surface area contributed by atoms with Crippen molar-refractivity contribution in [3.05, 3.63) is 89.3 Å². The zero-order chi connectivity index (χ0) is 26.1. The van der Waals surface area contributed by atoms with E-state index in [4.69, 9.17) is 21.1 Å². The number of amides is 2. The van der Waals surface area contributed by atoms with Crippen molar-refractivity contribution in [3.63, 3.8) is 0 Å². The van der Waals surface area contributed by atoms with Crippen molar-refractivity contribution in [2.24, 2.45) is 0 Å². The number of carbonyl (C=O) groups is 2. The van der Waals surface area contributed by atoms with Crippen molar-refractivity contribution < 1.29 is 19.1 Å². The molecule has 2 N–H and O–H groups in total. The Balaban J connectivity index is 1.54. The van der Waals surface area contributed by atoms with Gasteiger partial charge in [0, 0.05) is 34.6 Å². The van der Waals surface area contributed by atoms with Crippen LogP contribution in [0.25, 0.3) is 11.3 Å². The molecule has 0 atom stereocenters. The number of carbonyl (C=O) groups excluding carboxylic acids is 2. The first-order chi connectivity index (χ1) is 17.8. The van der Waals surface area contributed by atoms with Crippen LogP contribution < -0.4 is 25.0 Å². The fourth-order valence-electron chi connectivity index (χ4n) is 4.16. The van der Waals surface area contributed by atoms with E-state index in [1.165, 1.54) is 12.5 Å². The summed E-state index contributed by atoms with van der Waals surface area (Å²) in [6, 6.07) is 18.2. The second-order valence-corrected chi connectivity index (χ2v) is 9.36.